The Morgan fingerprint density at radius 2 is 2.06 bits per heavy atom. The molecule has 2 rings (SSSR count). The zero-order chi connectivity index (χ0) is 13.3. The smallest absolute Gasteiger partial charge is 0.0644 e. The molecule has 2 aromatic rings. The maximum atomic E-state index is 4.47. The molecule has 2 heterocycles. The average Bonchev–Trinajstić information content (AvgIpc) is 2.82. The van der Waals surface area contributed by atoms with Crippen molar-refractivity contribution in [2.75, 3.05) is 0 Å². The molecule has 0 fully saturated rings. The highest BCUT2D eigenvalue weighted by molar-refractivity contribution is 7.11. The molecule has 0 saturated heterocycles. The van der Waals surface area contributed by atoms with Crippen molar-refractivity contribution in [2.24, 2.45) is 7.05 Å². The zero-order valence-corrected chi connectivity index (χ0v) is 12.6. The molecule has 0 radical (unpaired) electrons. The van der Waals surface area contributed by atoms with Gasteiger partial charge in [-0.3, -0.25) is 4.68 Å². The Morgan fingerprint density at radius 1 is 1.33 bits per heavy atom. The molecule has 3 nitrogen and oxygen atoms in total. The highest BCUT2D eigenvalue weighted by atomic mass is 32.1. The monoisotopic (exact) mass is 263 g/mol. The molecule has 1 unspecified atom stereocenters. The summed E-state index contributed by atoms with van der Waals surface area (Å²) in [4.78, 5) is 2.76. The van der Waals surface area contributed by atoms with Crippen LogP contribution in [0.2, 0.25) is 0 Å². The summed E-state index contributed by atoms with van der Waals surface area (Å²) in [5, 5.41) is 8.05. The van der Waals surface area contributed by atoms with E-state index in [0.717, 1.165) is 12.2 Å². The van der Waals surface area contributed by atoms with E-state index in [2.05, 4.69) is 50.2 Å². The Kier molecular flexibility index (Phi) is 3.88. The lowest BCUT2D eigenvalue weighted by Crippen LogP contribution is -2.18. The lowest BCUT2D eigenvalue weighted by Gasteiger charge is -2.14. The van der Waals surface area contributed by atoms with Gasteiger partial charge in [0.2, 0.25) is 0 Å². The summed E-state index contributed by atoms with van der Waals surface area (Å²) in [6.45, 7) is 9.48. The summed E-state index contributed by atoms with van der Waals surface area (Å²) in [7, 11) is 2.00. The Balaban J connectivity index is 2.05. The van der Waals surface area contributed by atoms with Gasteiger partial charge in [0, 0.05) is 40.6 Å². The topological polar surface area (TPSA) is 29.9 Å². The molecular formula is C14H21N3S. The summed E-state index contributed by atoms with van der Waals surface area (Å²) >= 11 is 1.86. The number of aromatic nitrogens is 2. The first kappa shape index (κ1) is 13.3. The second-order valence-corrected chi connectivity index (χ2v) is 6.20. The van der Waals surface area contributed by atoms with Crippen LogP contribution in [0.4, 0.5) is 0 Å². The lowest BCUT2D eigenvalue weighted by atomic mass is 10.1. The Hall–Kier alpha value is -1.13. The molecule has 0 saturated carbocycles. The Morgan fingerprint density at radius 3 is 2.56 bits per heavy atom. The van der Waals surface area contributed by atoms with Crippen LogP contribution < -0.4 is 5.32 Å². The fourth-order valence-corrected chi connectivity index (χ4v) is 3.19. The van der Waals surface area contributed by atoms with Gasteiger partial charge in [0.15, 0.2) is 0 Å². The molecule has 4 heteroatoms. The Labute approximate surface area is 113 Å². The summed E-state index contributed by atoms with van der Waals surface area (Å²) < 4.78 is 1.96. The van der Waals surface area contributed by atoms with E-state index in [1.165, 1.54) is 21.0 Å². The van der Waals surface area contributed by atoms with E-state index in [9.17, 15) is 0 Å². The number of aryl methyl sites for hydroxylation is 3. The molecule has 0 amide bonds. The molecule has 1 atom stereocenters. The van der Waals surface area contributed by atoms with Gasteiger partial charge in [-0.25, -0.2) is 0 Å². The molecule has 0 aromatic carbocycles. The summed E-state index contributed by atoms with van der Waals surface area (Å²) in [5.74, 6) is 0. The average molecular weight is 263 g/mol. The fourth-order valence-electron chi connectivity index (χ4n) is 2.35. The van der Waals surface area contributed by atoms with E-state index in [1.807, 2.05) is 23.1 Å². The second kappa shape index (κ2) is 5.24. The molecule has 2 aromatic heterocycles. The van der Waals surface area contributed by atoms with Crippen molar-refractivity contribution in [3.05, 3.63) is 38.8 Å². The van der Waals surface area contributed by atoms with Crippen molar-refractivity contribution in [2.45, 2.75) is 40.3 Å². The van der Waals surface area contributed by atoms with Gasteiger partial charge < -0.3 is 5.32 Å². The minimum atomic E-state index is 0.334. The van der Waals surface area contributed by atoms with E-state index in [1.54, 1.807) is 0 Å². The molecule has 0 aliphatic rings. The van der Waals surface area contributed by atoms with Crippen molar-refractivity contribution >= 4 is 11.3 Å². The van der Waals surface area contributed by atoms with Gasteiger partial charge in [-0.15, -0.1) is 11.3 Å². The maximum absolute atomic E-state index is 4.47. The fraction of sp³-hybridized carbons (Fsp3) is 0.500. The minimum Gasteiger partial charge on any atom is -0.305 e. The number of rotatable bonds is 4. The van der Waals surface area contributed by atoms with Gasteiger partial charge in [0.1, 0.15) is 0 Å². The normalized spacial score (nSPS) is 12.9. The van der Waals surface area contributed by atoms with Gasteiger partial charge in [0.25, 0.3) is 0 Å². The van der Waals surface area contributed by atoms with Gasteiger partial charge >= 0.3 is 0 Å². The van der Waals surface area contributed by atoms with Crippen LogP contribution in [-0.2, 0) is 13.6 Å². The number of nitrogens with one attached hydrogen (secondary N) is 1. The van der Waals surface area contributed by atoms with Crippen LogP contribution in [0.15, 0.2) is 12.1 Å². The zero-order valence-electron chi connectivity index (χ0n) is 11.7. The van der Waals surface area contributed by atoms with Gasteiger partial charge in [-0.1, -0.05) is 0 Å². The third-order valence-corrected chi connectivity index (χ3v) is 4.38. The van der Waals surface area contributed by atoms with Crippen molar-refractivity contribution < 1.29 is 0 Å². The van der Waals surface area contributed by atoms with Gasteiger partial charge in [-0.2, -0.15) is 5.10 Å². The largest absolute Gasteiger partial charge is 0.305 e. The minimum absolute atomic E-state index is 0.334. The van der Waals surface area contributed by atoms with Crippen molar-refractivity contribution in [3.8, 4) is 0 Å². The molecule has 0 bridgehead atoms. The van der Waals surface area contributed by atoms with Crippen LogP contribution in [-0.4, -0.2) is 9.78 Å². The van der Waals surface area contributed by atoms with Crippen LogP contribution in [0.25, 0.3) is 0 Å². The van der Waals surface area contributed by atoms with E-state index in [0.29, 0.717) is 6.04 Å². The van der Waals surface area contributed by atoms with Gasteiger partial charge in [-0.05, 0) is 39.8 Å². The van der Waals surface area contributed by atoms with E-state index in [4.69, 9.17) is 0 Å². The van der Waals surface area contributed by atoms with Crippen molar-refractivity contribution in [3.63, 3.8) is 0 Å². The van der Waals surface area contributed by atoms with Crippen LogP contribution in [0, 0.1) is 20.8 Å². The standard InChI is InChI=1S/C14H21N3S/c1-9-6-7-13(18-9)8-15-10(2)14-11(3)16-17(5)12(14)4/h6-7,10,15H,8H2,1-5H3. The predicted molar refractivity (Wildman–Crippen MR) is 77.0 cm³/mol. The highest BCUT2D eigenvalue weighted by Gasteiger charge is 2.15. The molecule has 0 spiro atoms. The third-order valence-electron chi connectivity index (χ3n) is 3.38. The predicted octanol–water partition coefficient (Wildman–Crippen LogP) is 3.26. The molecule has 98 valence electrons. The quantitative estimate of drug-likeness (QED) is 0.917. The first-order valence-corrected chi connectivity index (χ1v) is 7.09. The van der Waals surface area contributed by atoms with Crippen molar-refractivity contribution in [1.82, 2.24) is 15.1 Å². The first-order chi connectivity index (χ1) is 8.49. The van der Waals surface area contributed by atoms with Crippen LogP contribution >= 0.6 is 11.3 Å². The molecular weight excluding hydrogens is 242 g/mol. The van der Waals surface area contributed by atoms with E-state index >= 15 is 0 Å². The number of hydrogen-bond donors (Lipinski definition) is 1. The number of hydrogen-bond acceptors (Lipinski definition) is 3. The third kappa shape index (κ3) is 2.65. The number of thiophene rings is 1. The number of nitrogens with zero attached hydrogens (tertiary/aromatic N) is 2. The van der Waals surface area contributed by atoms with E-state index in [-0.39, 0.29) is 0 Å². The molecule has 1 N–H and O–H groups in total. The highest BCUT2D eigenvalue weighted by Crippen LogP contribution is 2.22. The molecule has 0 aliphatic heterocycles. The van der Waals surface area contributed by atoms with Crippen LogP contribution in [0.5, 0.6) is 0 Å². The molecule has 0 aliphatic carbocycles. The SMILES string of the molecule is Cc1ccc(CNC(C)c2c(C)nn(C)c2C)s1. The summed E-state index contributed by atoms with van der Waals surface area (Å²) in [5.41, 5.74) is 3.69. The summed E-state index contributed by atoms with van der Waals surface area (Å²) in [6, 6.07) is 4.70. The Bertz CT molecular complexity index is 539. The van der Waals surface area contributed by atoms with Crippen LogP contribution in [0.1, 0.15) is 39.7 Å². The second-order valence-electron chi connectivity index (χ2n) is 4.82. The van der Waals surface area contributed by atoms with E-state index < -0.39 is 0 Å². The maximum Gasteiger partial charge on any atom is 0.0644 e. The van der Waals surface area contributed by atoms with Crippen molar-refractivity contribution in [1.29, 1.82) is 0 Å². The lowest BCUT2D eigenvalue weighted by molar-refractivity contribution is 0.572. The first-order valence-electron chi connectivity index (χ1n) is 6.28. The van der Waals surface area contributed by atoms with Gasteiger partial charge in [0.05, 0.1) is 5.69 Å². The molecule has 18 heavy (non-hydrogen) atoms. The van der Waals surface area contributed by atoms with Crippen LogP contribution in [0.3, 0.4) is 0 Å². The summed E-state index contributed by atoms with van der Waals surface area (Å²) in [6.07, 6.45) is 0.